The predicted molar refractivity (Wildman–Crippen MR) is 144 cm³/mol. The number of benzene rings is 1. The lowest BCUT2D eigenvalue weighted by Gasteiger charge is -2.36. The molecule has 0 N–H and O–H groups in total. The Hall–Kier alpha value is -1.37. The highest BCUT2D eigenvalue weighted by atomic mass is 32.2. The minimum Gasteiger partial charge on any atom is -0.497 e. The molecule has 0 saturated carbocycles. The Balaban J connectivity index is 1.53. The van der Waals surface area contributed by atoms with Gasteiger partial charge in [-0.05, 0) is 70.7 Å². The normalized spacial score (nSPS) is 20.2. The van der Waals surface area contributed by atoms with Crippen LogP contribution < -0.4 is 4.74 Å². The first-order valence-corrected chi connectivity index (χ1v) is 15.2. The molecule has 2 aliphatic heterocycles. The molecule has 9 nitrogen and oxygen atoms in total. The third-order valence-corrected chi connectivity index (χ3v) is 10.1. The van der Waals surface area contributed by atoms with Gasteiger partial charge >= 0.3 is 0 Å². The first-order chi connectivity index (χ1) is 17.1. The van der Waals surface area contributed by atoms with Crippen LogP contribution in [0.1, 0.15) is 17.5 Å². The first-order valence-electron chi connectivity index (χ1n) is 12.6. The van der Waals surface area contributed by atoms with Crippen molar-refractivity contribution in [2.45, 2.75) is 31.2 Å². The lowest BCUT2D eigenvalue weighted by molar-refractivity contribution is -0.138. The third-order valence-electron chi connectivity index (χ3n) is 6.75. The maximum atomic E-state index is 13.7. The quantitative estimate of drug-likeness (QED) is 0.417. The van der Waals surface area contributed by atoms with Crippen molar-refractivity contribution in [2.75, 3.05) is 91.7 Å². The molecule has 2 saturated heterocycles. The van der Waals surface area contributed by atoms with E-state index in [-0.39, 0.29) is 25.2 Å². The number of hydrogen-bond acceptors (Lipinski definition) is 8. The van der Waals surface area contributed by atoms with Crippen LogP contribution in [0.3, 0.4) is 0 Å². The van der Waals surface area contributed by atoms with Crippen molar-refractivity contribution in [1.82, 2.24) is 19.0 Å². The van der Waals surface area contributed by atoms with E-state index in [1.54, 1.807) is 49.2 Å². The molecule has 0 aromatic heterocycles. The van der Waals surface area contributed by atoms with Gasteiger partial charge in [-0.25, -0.2) is 8.42 Å². The second-order valence-corrected chi connectivity index (χ2v) is 12.8. The van der Waals surface area contributed by atoms with E-state index >= 15 is 0 Å². The zero-order valence-corrected chi connectivity index (χ0v) is 24.0. The lowest BCUT2D eigenvalue weighted by atomic mass is 10.1. The number of rotatable bonds is 11. The molecule has 1 unspecified atom stereocenters. The van der Waals surface area contributed by atoms with Crippen molar-refractivity contribution in [3.8, 4) is 5.75 Å². The number of nitrogens with zero attached hydrogens (tertiary/aromatic N) is 4. The second-order valence-electron chi connectivity index (χ2n) is 9.83. The summed E-state index contributed by atoms with van der Waals surface area (Å²) in [7, 11) is 2.03. The molecule has 0 aliphatic carbocycles. The largest absolute Gasteiger partial charge is 0.497 e. The Morgan fingerprint density at radius 2 is 1.78 bits per heavy atom. The van der Waals surface area contributed by atoms with Crippen molar-refractivity contribution in [1.29, 1.82) is 0 Å². The van der Waals surface area contributed by atoms with Crippen LogP contribution >= 0.6 is 11.8 Å². The summed E-state index contributed by atoms with van der Waals surface area (Å²) in [4.78, 5) is 19.5. The van der Waals surface area contributed by atoms with Crippen molar-refractivity contribution >= 4 is 27.7 Å². The number of amides is 1. The van der Waals surface area contributed by atoms with E-state index in [1.807, 2.05) is 4.90 Å². The fourth-order valence-corrected chi connectivity index (χ4v) is 8.12. The molecule has 3 rings (SSSR count). The van der Waals surface area contributed by atoms with Crippen LogP contribution in [0.15, 0.2) is 17.0 Å². The summed E-state index contributed by atoms with van der Waals surface area (Å²) < 4.78 is 40.0. The molecular weight excluding hydrogens is 500 g/mol. The smallest absolute Gasteiger partial charge is 0.248 e. The molecule has 11 heteroatoms. The SMILES string of the molecule is COc1cc(C)c(S(=O)(=O)N2CCSCC2COCC(=O)N2CCN(CCCN(C)C)CC2)c(C)c1. The molecule has 2 heterocycles. The van der Waals surface area contributed by atoms with E-state index < -0.39 is 10.0 Å². The average Bonchev–Trinajstić information content (AvgIpc) is 2.83. The minimum absolute atomic E-state index is 0.0176. The van der Waals surface area contributed by atoms with E-state index in [2.05, 4.69) is 23.9 Å². The fourth-order valence-electron chi connectivity index (χ4n) is 4.84. The fraction of sp³-hybridized carbons (Fsp3) is 0.720. The van der Waals surface area contributed by atoms with Gasteiger partial charge in [0.2, 0.25) is 15.9 Å². The van der Waals surface area contributed by atoms with E-state index in [0.717, 1.165) is 38.4 Å². The number of thioether (sulfide) groups is 1. The van der Waals surface area contributed by atoms with Gasteiger partial charge in [0.25, 0.3) is 0 Å². The average molecular weight is 543 g/mol. The standard InChI is InChI=1S/C25H42N4O5S2/c1-20-15-23(33-5)16-21(2)25(20)36(31,32)29-13-14-35-19-22(29)17-34-18-24(30)28-11-9-27(10-12-28)8-6-7-26(3)4/h15-16,22H,6-14,17-19H2,1-5H3. The summed E-state index contributed by atoms with van der Waals surface area (Å²) >= 11 is 1.72. The van der Waals surface area contributed by atoms with Crippen LogP contribution in [0.5, 0.6) is 5.75 Å². The number of piperazine rings is 1. The number of aryl methyl sites for hydroxylation is 2. The number of sulfonamides is 1. The summed E-state index contributed by atoms with van der Waals surface area (Å²) in [5.74, 6) is 2.00. The molecule has 0 bridgehead atoms. The zero-order chi connectivity index (χ0) is 26.3. The van der Waals surface area contributed by atoms with E-state index in [1.165, 1.54) is 0 Å². The van der Waals surface area contributed by atoms with Crippen LogP contribution in [-0.4, -0.2) is 131 Å². The number of hydrogen-bond donors (Lipinski definition) is 0. The monoisotopic (exact) mass is 542 g/mol. The lowest BCUT2D eigenvalue weighted by Crippen LogP contribution is -2.51. The van der Waals surface area contributed by atoms with Crippen molar-refractivity contribution < 1.29 is 22.7 Å². The van der Waals surface area contributed by atoms with Gasteiger partial charge in [0.1, 0.15) is 12.4 Å². The molecule has 2 aliphatic rings. The Morgan fingerprint density at radius 1 is 1.11 bits per heavy atom. The van der Waals surface area contributed by atoms with Crippen LogP contribution in [-0.2, 0) is 19.6 Å². The maximum Gasteiger partial charge on any atom is 0.248 e. The van der Waals surface area contributed by atoms with Crippen LogP contribution in [0.2, 0.25) is 0 Å². The van der Waals surface area contributed by atoms with Crippen LogP contribution in [0, 0.1) is 13.8 Å². The highest BCUT2D eigenvalue weighted by Crippen LogP contribution is 2.31. The van der Waals surface area contributed by atoms with Crippen molar-refractivity contribution in [3.05, 3.63) is 23.3 Å². The predicted octanol–water partition coefficient (Wildman–Crippen LogP) is 1.53. The van der Waals surface area contributed by atoms with Crippen LogP contribution in [0.25, 0.3) is 0 Å². The topological polar surface area (TPSA) is 82.6 Å². The molecule has 0 spiro atoms. The molecule has 36 heavy (non-hydrogen) atoms. The summed E-state index contributed by atoms with van der Waals surface area (Å²) in [5.41, 5.74) is 1.33. The Kier molecular flexibility index (Phi) is 10.9. The van der Waals surface area contributed by atoms with Crippen molar-refractivity contribution in [3.63, 3.8) is 0 Å². The maximum absolute atomic E-state index is 13.7. The molecule has 0 radical (unpaired) electrons. The number of ether oxygens (including phenoxy) is 2. The Morgan fingerprint density at radius 3 is 2.39 bits per heavy atom. The van der Waals surface area contributed by atoms with E-state index in [4.69, 9.17) is 9.47 Å². The molecular formula is C25H42N4O5S2. The van der Waals surface area contributed by atoms with Gasteiger partial charge in [-0.3, -0.25) is 9.69 Å². The summed E-state index contributed by atoms with van der Waals surface area (Å²) in [6.07, 6.45) is 1.12. The molecule has 2 fully saturated rings. The molecule has 1 atom stereocenters. The Labute approximate surface area is 221 Å². The number of carbonyl (C=O) groups is 1. The molecule has 1 aromatic rings. The molecule has 204 valence electrons. The van der Waals surface area contributed by atoms with Gasteiger partial charge in [-0.2, -0.15) is 16.1 Å². The summed E-state index contributed by atoms with van der Waals surface area (Å²) in [5, 5.41) is 0. The Bertz CT molecular complexity index is 958. The summed E-state index contributed by atoms with van der Waals surface area (Å²) in [6, 6.07) is 3.20. The van der Waals surface area contributed by atoms with Gasteiger partial charge in [0.05, 0.1) is 24.7 Å². The first kappa shape index (κ1) is 29.2. The highest BCUT2D eigenvalue weighted by Gasteiger charge is 2.36. The molecule has 1 amide bonds. The van der Waals surface area contributed by atoms with Gasteiger partial charge in [0.15, 0.2) is 0 Å². The van der Waals surface area contributed by atoms with Gasteiger partial charge in [-0.15, -0.1) is 0 Å². The van der Waals surface area contributed by atoms with E-state index in [9.17, 15) is 13.2 Å². The third kappa shape index (κ3) is 7.58. The van der Waals surface area contributed by atoms with Crippen molar-refractivity contribution in [2.24, 2.45) is 0 Å². The number of carbonyl (C=O) groups excluding carboxylic acids is 1. The van der Waals surface area contributed by atoms with Gasteiger partial charge < -0.3 is 19.3 Å². The zero-order valence-electron chi connectivity index (χ0n) is 22.4. The van der Waals surface area contributed by atoms with Gasteiger partial charge in [0, 0.05) is 44.2 Å². The highest BCUT2D eigenvalue weighted by molar-refractivity contribution is 7.99. The van der Waals surface area contributed by atoms with Crippen LogP contribution in [0.4, 0.5) is 0 Å². The molecule has 1 aromatic carbocycles. The van der Waals surface area contributed by atoms with E-state index in [0.29, 0.717) is 47.2 Å². The summed E-state index contributed by atoms with van der Waals surface area (Å²) in [6.45, 7) is 9.50. The van der Waals surface area contributed by atoms with Gasteiger partial charge in [-0.1, -0.05) is 0 Å². The second kappa shape index (κ2) is 13.4. The minimum atomic E-state index is -3.71. The number of methoxy groups -OCH3 is 1.